The maximum absolute atomic E-state index is 12.1. The van der Waals surface area contributed by atoms with Crippen molar-refractivity contribution in [3.8, 4) is 0 Å². The molecule has 112 valence electrons. The van der Waals surface area contributed by atoms with Gasteiger partial charge < -0.3 is 9.47 Å². The molecular weight excluding hydrogens is 274 g/mol. The van der Waals surface area contributed by atoms with Crippen LogP contribution in [0.3, 0.4) is 0 Å². The van der Waals surface area contributed by atoms with Gasteiger partial charge in [0.05, 0.1) is 12.3 Å². The lowest BCUT2D eigenvalue weighted by atomic mass is 9.91. The van der Waals surface area contributed by atoms with Gasteiger partial charge in [0.1, 0.15) is 16.5 Å². The molecule has 1 heterocycles. The van der Waals surface area contributed by atoms with Gasteiger partial charge in [-0.15, -0.1) is 11.3 Å². The van der Waals surface area contributed by atoms with Crippen LogP contribution in [-0.4, -0.2) is 24.2 Å². The summed E-state index contributed by atoms with van der Waals surface area (Å²) in [7, 11) is 0. The fourth-order valence-electron chi connectivity index (χ4n) is 2.57. The molecule has 0 bridgehead atoms. The number of aromatic nitrogens is 1. The first kappa shape index (κ1) is 15.4. The number of thiazole rings is 1. The van der Waals surface area contributed by atoms with Gasteiger partial charge in [-0.1, -0.05) is 0 Å². The minimum Gasteiger partial charge on any atom is -0.465 e. The maximum Gasteiger partial charge on any atom is 0.315 e. The van der Waals surface area contributed by atoms with Gasteiger partial charge >= 0.3 is 5.97 Å². The Bertz CT molecular complexity index is 481. The normalized spacial score (nSPS) is 18.7. The fourth-order valence-corrected chi connectivity index (χ4v) is 3.79. The molecule has 1 aromatic rings. The Morgan fingerprint density at radius 1 is 1.40 bits per heavy atom. The number of rotatable bonds is 5. The number of esters is 1. The second-order valence-corrected chi connectivity index (χ2v) is 6.55. The molecule has 2 rings (SSSR count). The maximum atomic E-state index is 12.1. The van der Waals surface area contributed by atoms with Crippen molar-refractivity contribution in [1.82, 2.24) is 4.98 Å². The lowest BCUT2D eigenvalue weighted by Crippen LogP contribution is -2.23. The van der Waals surface area contributed by atoms with Gasteiger partial charge in [0.2, 0.25) is 0 Å². The van der Waals surface area contributed by atoms with E-state index in [1.165, 1.54) is 4.88 Å². The molecule has 1 aliphatic rings. The molecule has 0 spiro atoms. The molecule has 4 nitrogen and oxygen atoms in total. The van der Waals surface area contributed by atoms with E-state index in [4.69, 9.17) is 14.5 Å². The van der Waals surface area contributed by atoms with E-state index in [0.29, 0.717) is 13.2 Å². The third-order valence-corrected chi connectivity index (χ3v) is 4.98. The molecule has 1 unspecified atom stereocenters. The number of nitrogens with zero attached hydrogens (tertiary/aromatic N) is 1. The van der Waals surface area contributed by atoms with Gasteiger partial charge in [-0.2, -0.15) is 0 Å². The minimum absolute atomic E-state index is 0.139. The Balaban J connectivity index is 2.29. The summed E-state index contributed by atoms with van der Waals surface area (Å²) in [6, 6.07) is 0. The van der Waals surface area contributed by atoms with Crippen LogP contribution in [-0.2, 0) is 26.3 Å². The predicted molar refractivity (Wildman–Crippen MR) is 79.1 cm³/mol. The van der Waals surface area contributed by atoms with Crippen LogP contribution in [0.4, 0.5) is 0 Å². The van der Waals surface area contributed by atoms with Crippen LogP contribution >= 0.6 is 11.3 Å². The van der Waals surface area contributed by atoms with Crippen LogP contribution in [0.25, 0.3) is 0 Å². The van der Waals surface area contributed by atoms with Crippen molar-refractivity contribution < 1.29 is 14.3 Å². The van der Waals surface area contributed by atoms with Crippen molar-refractivity contribution in [2.45, 2.75) is 58.5 Å². The highest BCUT2D eigenvalue weighted by molar-refractivity contribution is 7.11. The van der Waals surface area contributed by atoms with Crippen LogP contribution < -0.4 is 0 Å². The highest BCUT2D eigenvalue weighted by Gasteiger charge is 2.34. The molecule has 0 saturated heterocycles. The molecule has 0 aliphatic heterocycles. The third kappa shape index (κ3) is 3.04. The van der Waals surface area contributed by atoms with E-state index in [9.17, 15) is 4.79 Å². The van der Waals surface area contributed by atoms with E-state index in [-0.39, 0.29) is 11.9 Å². The standard InChI is InChI=1S/C15H23NO3S/c1-5-18-13(17)10-8-7-9-11-12(10)16-14(20-11)15(3,4)19-6-2/h10H,5-9H2,1-4H3. The van der Waals surface area contributed by atoms with E-state index < -0.39 is 5.60 Å². The summed E-state index contributed by atoms with van der Waals surface area (Å²) in [6.07, 6.45) is 2.86. The number of fused-ring (bicyclic) bond motifs is 1. The van der Waals surface area contributed by atoms with Gasteiger partial charge in [0.15, 0.2) is 0 Å². The zero-order valence-electron chi connectivity index (χ0n) is 12.7. The van der Waals surface area contributed by atoms with E-state index >= 15 is 0 Å². The van der Waals surface area contributed by atoms with Crippen LogP contribution in [0.2, 0.25) is 0 Å². The molecule has 0 radical (unpaired) electrons. The molecule has 5 heteroatoms. The lowest BCUT2D eigenvalue weighted by Gasteiger charge is -2.21. The number of aryl methyl sites for hydroxylation is 1. The van der Waals surface area contributed by atoms with Crippen molar-refractivity contribution in [2.75, 3.05) is 13.2 Å². The summed E-state index contributed by atoms with van der Waals surface area (Å²) in [5, 5.41) is 0.959. The quantitative estimate of drug-likeness (QED) is 0.782. The molecule has 20 heavy (non-hydrogen) atoms. The lowest BCUT2D eigenvalue weighted by molar-refractivity contribution is -0.145. The Hall–Kier alpha value is -0.940. The van der Waals surface area contributed by atoms with Crippen molar-refractivity contribution >= 4 is 17.3 Å². The van der Waals surface area contributed by atoms with Crippen LogP contribution in [0.1, 0.15) is 62.0 Å². The van der Waals surface area contributed by atoms with Gasteiger partial charge in [0.25, 0.3) is 0 Å². The smallest absolute Gasteiger partial charge is 0.315 e. The first-order valence-corrected chi connectivity index (χ1v) is 8.12. The van der Waals surface area contributed by atoms with Crippen molar-refractivity contribution in [3.05, 3.63) is 15.6 Å². The molecule has 0 saturated carbocycles. The molecule has 0 fully saturated rings. The second-order valence-electron chi connectivity index (χ2n) is 5.47. The number of carbonyl (C=O) groups excluding carboxylic acids is 1. The van der Waals surface area contributed by atoms with Crippen LogP contribution in [0.5, 0.6) is 0 Å². The largest absolute Gasteiger partial charge is 0.465 e. The summed E-state index contributed by atoms with van der Waals surface area (Å²) < 4.78 is 10.9. The van der Waals surface area contributed by atoms with E-state index in [2.05, 4.69) is 0 Å². The molecule has 1 atom stereocenters. The summed E-state index contributed by atoms with van der Waals surface area (Å²) in [4.78, 5) is 18.0. The van der Waals surface area contributed by atoms with Gasteiger partial charge in [0, 0.05) is 11.5 Å². The minimum atomic E-state index is -0.393. The monoisotopic (exact) mass is 297 g/mol. The zero-order chi connectivity index (χ0) is 14.8. The van der Waals surface area contributed by atoms with Gasteiger partial charge in [-0.25, -0.2) is 4.98 Å². The number of hydrogen-bond donors (Lipinski definition) is 0. The number of carbonyl (C=O) groups is 1. The van der Waals surface area contributed by atoms with Crippen LogP contribution in [0, 0.1) is 0 Å². The Labute approximate surface area is 124 Å². The summed E-state index contributed by atoms with van der Waals surface area (Å²) in [6.45, 7) is 8.95. The first-order chi connectivity index (χ1) is 9.49. The number of hydrogen-bond acceptors (Lipinski definition) is 5. The first-order valence-electron chi connectivity index (χ1n) is 7.30. The van der Waals surface area contributed by atoms with E-state index in [1.54, 1.807) is 11.3 Å². The summed E-state index contributed by atoms with van der Waals surface area (Å²) >= 11 is 1.68. The molecule has 0 amide bonds. The van der Waals surface area contributed by atoms with Crippen LogP contribution in [0.15, 0.2) is 0 Å². The zero-order valence-corrected chi connectivity index (χ0v) is 13.5. The highest BCUT2D eigenvalue weighted by Crippen LogP contribution is 2.39. The third-order valence-electron chi connectivity index (χ3n) is 3.55. The summed E-state index contributed by atoms with van der Waals surface area (Å²) in [5.74, 6) is -0.333. The SMILES string of the molecule is CCOC(=O)C1CCCc2sc(C(C)(C)OCC)nc21. The van der Waals surface area contributed by atoms with E-state index in [0.717, 1.165) is 30.0 Å². The Kier molecular flexibility index (Phi) is 4.81. The topological polar surface area (TPSA) is 48.4 Å². The Morgan fingerprint density at radius 2 is 2.15 bits per heavy atom. The molecule has 0 aromatic carbocycles. The highest BCUT2D eigenvalue weighted by atomic mass is 32.1. The predicted octanol–water partition coefficient (Wildman–Crippen LogP) is 3.40. The van der Waals surface area contributed by atoms with Gasteiger partial charge in [-0.3, -0.25) is 4.79 Å². The molecular formula is C15H23NO3S. The molecule has 1 aromatic heterocycles. The summed E-state index contributed by atoms with van der Waals surface area (Å²) in [5.41, 5.74) is 0.526. The van der Waals surface area contributed by atoms with Gasteiger partial charge in [-0.05, 0) is 47.0 Å². The number of ether oxygens (including phenoxy) is 2. The van der Waals surface area contributed by atoms with Crippen molar-refractivity contribution in [3.63, 3.8) is 0 Å². The van der Waals surface area contributed by atoms with E-state index in [1.807, 2.05) is 27.7 Å². The van der Waals surface area contributed by atoms with Crippen molar-refractivity contribution in [2.24, 2.45) is 0 Å². The Morgan fingerprint density at radius 3 is 2.80 bits per heavy atom. The second kappa shape index (κ2) is 6.22. The average molecular weight is 297 g/mol. The molecule has 1 aliphatic carbocycles. The van der Waals surface area contributed by atoms with Crippen molar-refractivity contribution in [1.29, 1.82) is 0 Å². The average Bonchev–Trinajstić information content (AvgIpc) is 2.83. The molecule has 0 N–H and O–H groups in total. The fraction of sp³-hybridized carbons (Fsp3) is 0.733.